The van der Waals surface area contributed by atoms with Gasteiger partial charge in [0.2, 0.25) is 0 Å². The molecular weight excluding hydrogens is 252 g/mol. The van der Waals surface area contributed by atoms with Crippen molar-refractivity contribution in [1.29, 1.82) is 0 Å². The second-order valence-electron chi connectivity index (χ2n) is 5.19. The molecule has 2 aromatic carbocycles. The van der Waals surface area contributed by atoms with Crippen LogP contribution >= 0.6 is 0 Å². The maximum atomic E-state index is 12.3. The molecule has 1 aliphatic heterocycles. The van der Waals surface area contributed by atoms with Crippen molar-refractivity contribution in [3.8, 4) is 0 Å². The number of fused-ring (bicyclic) bond motifs is 1. The zero-order valence-electron chi connectivity index (χ0n) is 11.6. The molecule has 2 aromatic rings. The Balaban J connectivity index is 2.11. The Hall–Kier alpha value is -1.87. The van der Waals surface area contributed by atoms with Crippen molar-refractivity contribution in [2.24, 2.45) is 0 Å². The first-order chi connectivity index (χ1) is 9.76. The molecule has 3 nitrogen and oxygen atoms in total. The quantitative estimate of drug-likeness (QED) is 0.784. The van der Waals surface area contributed by atoms with Gasteiger partial charge in [-0.1, -0.05) is 36.4 Å². The monoisotopic (exact) mass is 270 g/mol. The SMILES string of the molecule is COC(=O)C1(c2ccc3ccccc3c2)CCCCO1. The van der Waals surface area contributed by atoms with Crippen LogP contribution in [0.2, 0.25) is 0 Å². The number of rotatable bonds is 2. The van der Waals surface area contributed by atoms with Crippen LogP contribution in [-0.2, 0) is 19.9 Å². The van der Waals surface area contributed by atoms with E-state index >= 15 is 0 Å². The van der Waals surface area contributed by atoms with E-state index in [1.54, 1.807) is 0 Å². The van der Waals surface area contributed by atoms with E-state index in [1.165, 1.54) is 7.11 Å². The van der Waals surface area contributed by atoms with Gasteiger partial charge in [0.1, 0.15) is 0 Å². The normalized spacial score (nSPS) is 22.6. The fourth-order valence-electron chi connectivity index (χ4n) is 2.91. The molecule has 3 rings (SSSR count). The van der Waals surface area contributed by atoms with Crippen LogP contribution in [0, 0.1) is 0 Å². The number of carbonyl (C=O) groups excluding carboxylic acids is 1. The molecule has 1 saturated heterocycles. The fraction of sp³-hybridized carbons (Fsp3) is 0.353. The Morgan fingerprint density at radius 2 is 1.95 bits per heavy atom. The summed E-state index contributed by atoms with van der Waals surface area (Å²) in [5.74, 6) is -0.299. The number of hydrogen-bond donors (Lipinski definition) is 0. The standard InChI is InChI=1S/C17H18O3/c1-19-16(18)17(10-4-5-11-20-17)15-9-8-13-6-2-3-7-14(13)12-15/h2-3,6-9,12H,4-5,10-11H2,1H3. The van der Waals surface area contributed by atoms with Gasteiger partial charge >= 0.3 is 5.97 Å². The van der Waals surface area contributed by atoms with E-state index in [9.17, 15) is 4.79 Å². The maximum absolute atomic E-state index is 12.3. The number of hydrogen-bond acceptors (Lipinski definition) is 3. The summed E-state index contributed by atoms with van der Waals surface area (Å²) >= 11 is 0. The molecule has 0 bridgehead atoms. The lowest BCUT2D eigenvalue weighted by Crippen LogP contribution is -2.42. The summed E-state index contributed by atoms with van der Waals surface area (Å²) in [5.41, 5.74) is -0.0421. The highest BCUT2D eigenvalue weighted by atomic mass is 16.6. The lowest BCUT2D eigenvalue weighted by atomic mass is 9.85. The number of ether oxygens (including phenoxy) is 2. The smallest absolute Gasteiger partial charge is 0.342 e. The highest BCUT2D eigenvalue weighted by molar-refractivity contribution is 5.87. The van der Waals surface area contributed by atoms with Gasteiger partial charge in [0.15, 0.2) is 5.60 Å². The van der Waals surface area contributed by atoms with Crippen LogP contribution in [0.15, 0.2) is 42.5 Å². The summed E-state index contributed by atoms with van der Waals surface area (Å²) in [6, 6.07) is 14.2. The second-order valence-corrected chi connectivity index (χ2v) is 5.19. The minimum atomic E-state index is -0.934. The van der Waals surface area contributed by atoms with Gasteiger partial charge in [0.05, 0.1) is 7.11 Å². The van der Waals surface area contributed by atoms with Crippen molar-refractivity contribution in [2.45, 2.75) is 24.9 Å². The summed E-state index contributed by atoms with van der Waals surface area (Å²) in [4.78, 5) is 12.3. The molecular formula is C17H18O3. The highest BCUT2D eigenvalue weighted by Gasteiger charge is 2.44. The number of methoxy groups -OCH3 is 1. The van der Waals surface area contributed by atoms with E-state index in [4.69, 9.17) is 9.47 Å². The van der Waals surface area contributed by atoms with E-state index in [-0.39, 0.29) is 5.97 Å². The molecule has 0 N–H and O–H groups in total. The molecule has 3 heteroatoms. The largest absolute Gasteiger partial charge is 0.467 e. The molecule has 0 aliphatic carbocycles. The summed E-state index contributed by atoms with van der Waals surface area (Å²) in [6.45, 7) is 0.599. The van der Waals surface area contributed by atoms with E-state index < -0.39 is 5.60 Å². The van der Waals surface area contributed by atoms with Crippen LogP contribution in [0.5, 0.6) is 0 Å². The zero-order chi connectivity index (χ0) is 14.0. The van der Waals surface area contributed by atoms with E-state index in [2.05, 4.69) is 6.07 Å². The molecule has 0 amide bonds. The molecule has 1 fully saturated rings. The van der Waals surface area contributed by atoms with E-state index in [0.29, 0.717) is 13.0 Å². The molecule has 0 radical (unpaired) electrons. The van der Waals surface area contributed by atoms with Gasteiger partial charge in [0.25, 0.3) is 0 Å². The molecule has 1 atom stereocenters. The van der Waals surface area contributed by atoms with Crippen LogP contribution in [-0.4, -0.2) is 19.7 Å². The highest BCUT2D eigenvalue weighted by Crippen LogP contribution is 2.37. The van der Waals surface area contributed by atoms with Crippen molar-refractivity contribution in [3.63, 3.8) is 0 Å². The van der Waals surface area contributed by atoms with Crippen LogP contribution in [0.3, 0.4) is 0 Å². The minimum absolute atomic E-state index is 0.299. The maximum Gasteiger partial charge on any atom is 0.342 e. The van der Waals surface area contributed by atoms with Crippen molar-refractivity contribution in [2.75, 3.05) is 13.7 Å². The molecule has 20 heavy (non-hydrogen) atoms. The minimum Gasteiger partial charge on any atom is -0.467 e. The third-order valence-corrected chi connectivity index (χ3v) is 4.00. The van der Waals surface area contributed by atoms with Gasteiger partial charge in [-0.05, 0) is 41.7 Å². The first kappa shape index (κ1) is 13.1. The van der Waals surface area contributed by atoms with Gasteiger partial charge in [-0.2, -0.15) is 0 Å². The molecule has 104 valence electrons. The fourth-order valence-corrected chi connectivity index (χ4v) is 2.91. The van der Waals surface area contributed by atoms with Crippen LogP contribution < -0.4 is 0 Å². The summed E-state index contributed by atoms with van der Waals surface area (Å²) < 4.78 is 10.9. The lowest BCUT2D eigenvalue weighted by molar-refractivity contribution is -0.178. The van der Waals surface area contributed by atoms with Crippen LogP contribution in [0.25, 0.3) is 10.8 Å². The topological polar surface area (TPSA) is 35.5 Å². The first-order valence-electron chi connectivity index (χ1n) is 6.98. The van der Waals surface area contributed by atoms with Gasteiger partial charge in [-0.25, -0.2) is 4.79 Å². The Morgan fingerprint density at radius 3 is 2.65 bits per heavy atom. The lowest BCUT2D eigenvalue weighted by Gasteiger charge is -2.35. The second kappa shape index (κ2) is 5.25. The summed E-state index contributed by atoms with van der Waals surface area (Å²) in [7, 11) is 1.42. The third kappa shape index (κ3) is 2.08. The van der Waals surface area contributed by atoms with Crippen LogP contribution in [0.4, 0.5) is 0 Å². The predicted octanol–water partition coefficient (Wildman–Crippen LogP) is 3.41. The predicted molar refractivity (Wildman–Crippen MR) is 77.4 cm³/mol. The summed E-state index contributed by atoms with van der Waals surface area (Å²) in [5, 5.41) is 2.27. The van der Waals surface area contributed by atoms with E-state index in [0.717, 1.165) is 29.2 Å². The Kier molecular flexibility index (Phi) is 3.45. The number of carbonyl (C=O) groups is 1. The van der Waals surface area contributed by atoms with Crippen molar-refractivity contribution < 1.29 is 14.3 Å². The molecule has 0 spiro atoms. The molecule has 1 heterocycles. The van der Waals surface area contributed by atoms with Gasteiger partial charge in [0, 0.05) is 6.61 Å². The summed E-state index contributed by atoms with van der Waals surface area (Å²) in [6.07, 6.45) is 2.65. The van der Waals surface area contributed by atoms with Crippen molar-refractivity contribution >= 4 is 16.7 Å². The number of benzene rings is 2. The van der Waals surface area contributed by atoms with Gasteiger partial charge < -0.3 is 9.47 Å². The van der Waals surface area contributed by atoms with E-state index in [1.807, 2.05) is 36.4 Å². The zero-order valence-corrected chi connectivity index (χ0v) is 11.6. The molecule has 0 aromatic heterocycles. The molecule has 1 aliphatic rings. The average molecular weight is 270 g/mol. The number of esters is 1. The Bertz CT molecular complexity index is 627. The van der Waals surface area contributed by atoms with Gasteiger partial charge in [-0.3, -0.25) is 0 Å². The molecule has 0 saturated carbocycles. The molecule has 1 unspecified atom stereocenters. The Morgan fingerprint density at radius 1 is 1.15 bits per heavy atom. The first-order valence-corrected chi connectivity index (χ1v) is 6.98. The third-order valence-electron chi connectivity index (χ3n) is 4.00. The van der Waals surface area contributed by atoms with Crippen molar-refractivity contribution in [3.05, 3.63) is 48.0 Å². The van der Waals surface area contributed by atoms with Gasteiger partial charge in [-0.15, -0.1) is 0 Å². The average Bonchev–Trinajstić information content (AvgIpc) is 2.54. The van der Waals surface area contributed by atoms with Crippen molar-refractivity contribution in [1.82, 2.24) is 0 Å². The Labute approximate surface area is 118 Å². The van der Waals surface area contributed by atoms with Crippen LogP contribution in [0.1, 0.15) is 24.8 Å².